The van der Waals surface area contributed by atoms with Crippen LogP contribution in [-0.4, -0.2) is 6.29 Å². The van der Waals surface area contributed by atoms with Gasteiger partial charge in [-0.05, 0) is 18.2 Å². The smallest absolute Gasteiger partial charge is 0.152 e. The first kappa shape index (κ1) is 10.6. The van der Waals surface area contributed by atoms with E-state index in [1.54, 1.807) is 34.6 Å². The zero-order valence-electron chi connectivity index (χ0n) is 9.24. The van der Waals surface area contributed by atoms with Crippen LogP contribution in [0.1, 0.15) is 10.4 Å². The molecular weight excluding hydrogens is 236 g/mol. The number of aldehydes is 1. The van der Waals surface area contributed by atoms with Crippen molar-refractivity contribution in [2.45, 2.75) is 0 Å². The summed E-state index contributed by atoms with van der Waals surface area (Å²) in [5.74, 6) is 0. The lowest BCUT2D eigenvalue weighted by atomic mass is 10.1. The molecule has 92 valence electrons. The lowest BCUT2D eigenvalue weighted by Crippen LogP contribution is -2.30. The second-order valence-electron chi connectivity index (χ2n) is 3.59. The Morgan fingerprint density at radius 1 is 1.06 bits per heavy atom. The highest BCUT2D eigenvalue weighted by Crippen LogP contribution is 2.26. The quantitative estimate of drug-likeness (QED) is 0.770. The van der Waals surface area contributed by atoms with E-state index in [4.69, 9.17) is 9.68 Å². The van der Waals surface area contributed by atoms with Crippen LogP contribution in [0, 0.1) is 0 Å². The van der Waals surface area contributed by atoms with Crippen LogP contribution in [-0.2, 0) is 9.68 Å². The molecule has 0 saturated carbocycles. The molecule has 2 heterocycles. The summed E-state index contributed by atoms with van der Waals surface area (Å²) in [6, 6.07) is 5.35. The molecule has 3 rings (SSSR count). The molecule has 0 aliphatic carbocycles. The van der Waals surface area contributed by atoms with Gasteiger partial charge in [-0.2, -0.15) is 0 Å². The molecule has 0 amide bonds. The standard InChI is InChI=1S/C11H10N4O3/c16-8-9-1-2-10(14-3-5-17-12-14)7-11(9)15-4-6-18-13-15/h1-8,12-13H. The van der Waals surface area contributed by atoms with E-state index in [1.807, 2.05) is 6.07 Å². The van der Waals surface area contributed by atoms with Crippen LogP contribution in [0.2, 0.25) is 0 Å². The van der Waals surface area contributed by atoms with E-state index in [0.717, 1.165) is 12.0 Å². The van der Waals surface area contributed by atoms with Gasteiger partial charge in [0.15, 0.2) is 6.29 Å². The molecule has 18 heavy (non-hydrogen) atoms. The second-order valence-corrected chi connectivity index (χ2v) is 3.59. The van der Waals surface area contributed by atoms with E-state index in [2.05, 4.69) is 11.2 Å². The highest BCUT2D eigenvalue weighted by molar-refractivity contribution is 5.86. The molecular formula is C11H10N4O3. The third-order valence-corrected chi connectivity index (χ3v) is 2.54. The fourth-order valence-electron chi connectivity index (χ4n) is 1.68. The Morgan fingerprint density at radius 2 is 1.78 bits per heavy atom. The number of nitrogens with one attached hydrogen (secondary N) is 2. The molecule has 2 aliphatic rings. The summed E-state index contributed by atoms with van der Waals surface area (Å²) in [7, 11) is 0. The highest BCUT2D eigenvalue weighted by atomic mass is 16.7. The summed E-state index contributed by atoms with van der Waals surface area (Å²) in [6.45, 7) is 0. The monoisotopic (exact) mass is 246 g/mol. The molecule has 1 aromatic rings. The van der Waals surface area contributed by atoms with Crippen molar-refractivity contribution in [1.82, 2.24) is 11.2 Å². The second kappa shape index (κ2) is 4.40. The van der Waals surface area contributed by atoms with Crippen LogP contribution in [0.5, 0.6) is 0 Å². The number of nitrogens with zero attached hydrogens (tertiary/aromatic N) is 2. The van der Waals surface area contributed by atoms with Gasteiger partial charge in [-0.15, -0.1) is 0 Å². The highest BCUT2D eigenvalue weighted by Gasteiger charge is 2.16. The molecule has 0 spiro atoms. The van der Waals surface area contributed by atoms with E-state index >= 15 is 0 Å². The van der Waals surface area contributed by atoms with Crippen molar-refractivity contribution < 1.29 is 14.5 Å². The van der Waals surface area contributed by atoms with E-state index in [0.29, 0.717) is 11.3 Å². The molecule has 0 unspecified atom stereocenters. The Bertz CT molecular complexity index is 529. The van der Waals surface area contributed by atoms with Crippen LogP contribution in [0.3, 0.4) is 0 Å². The predicted octanol–water partition coefficient (Wildman–Crippen LogP) is 0.954. The SMILES string of the molecule is O=Cc1ccc(N2C=CON2)cc1N1C=CON1. The topological polar surface area (TPSA) is 66.1 Å². The number of anilines is 2. The minimum atomic E-state index is 0.547. The summed E-state index contributed by atoms with van der Waals surface area (Å²) in [6.07, 6.45) is 7.19. The Hall–Kier alpha value is -2.51. The van der Waals surface area contributed by atoms with Crippen molar-refractivity contribution in [3.63, 3.8) is 0 Å². The van der Waals surface area contributed by atoms with Crippen molar-refractivity contribution in [2.24, 2.45) is 0 Å². The van der Waals surface area contributed by atoms with Crippen LogP contribution in [0.4, 0.5) is 11.4 Å². The van der Waals surface area contributed by atoms with E-state index in [9.17, 15) is 4.79 Å². The van der Waals surface area contributed by atoms with Gasteiger partial charge in [-0.3, -0.25) is 4.79 Å². The van der Waals surface area contributed by atoms with Gasteiger partial charge in [-0.25, -0.2) is 10.0 Å². The maximum absolute atomic E-state index is 11.0. The lowest BCUT2D eigenvalue weighted by molar-refractivity contribution is 0.112. The number of carbonyl (C=O) groups is 1. The van der Waals surface area contributed by atoms with E-state index in [1.165, 1.54) is 12.5 Å². The van der Waals surface area contributed by atoms with Crippen LogP contribution in [0.15, 0.2) is 43.1 Å². The fourth-order valence-corrected chi connectivity index (χ4v) is 1.68. The number of hydrogen-bond donors (Lipinski definition) is 2. The van der Waals surface area contributed by atoms with E-state index in [-0.39, 0.29) is 0 Å². The normalized spacial score (nSPS) is 16.9. The van der Waals surface area contributed by atoms with Crippen molar-refractivity contribution in [1.29, 1.82) is 0 Å². The summed E-state index contributed by atoms with van der Waals surface area (Å²) in [4.78, 5) is 20.8. The Morgan fingerprint density at radius 3 is 2.39 bits per heavy atom. The molecule has 0 saturated heterocycles. The maximum atomic E-state index is 11.0. The van der Waals surface area contributed by atoms with Gasteiger partial charge < -0.3 is 9.68 Å². The minimum absolute atomic E-state index is 0.547. The number of benzene rings is 1. The lowest BCUT2D eigenvalue weighted by Gasteiger charge is -2.20. The van der Waals surface area contributed by atoms with E-state index < -0.39 is 0 Å². The number of hydrogen-bond acceptors (Lipinski definition) is 7. The zero-order valence-corrected chi connectivity index (χ0v) is 9.24. The number of carbonyl (C=O) groups excluding carboxylic acids is 1. The van der Waals surface area contributed by atoms with Gasteiger partial charge >= 0.3 is 0 Å². The molecule has 7 heteroatoms. The maximum Gasteiger partial charge on any atom is 0.152 e. The number of hydrazine groups is 2. The fraction of sp³-hybridized carbons (Fsp3) is 0. The number of rotatable bonds is 3. The van der Waals surface area contributed by atoms with Gasteiger partial charge in [0, 0.05) is 5.56 Å². The van der Waals surface area contributed by atoms with Gasteiger partial charge in [-0.1, -0.05) is 11.2 Å². The Labute approximate surface area is 103 Å². The predicted molar refractivity (Wildman–Crippen MR) is 63.5 cm³/mol. The third kappa shape index (κ3) is 1.77. The molecule has 7 nitrogen and oxygen atoms in total. The van der Waals surface area contributed by atoms with Crippen LogP contribution in [0.25, 0.3) is 0 Å². The molecule has 1 aromatic carbocycles. The molecule has 0 atom stereocenters. The summed E-state index contributed by atoms with van der Waals surface area (Å²) in [5, 5.41) is 3.28. The van der Waals surface area contributed by atoms with Gasteiger partial charge in [0.1, 0.15) is 12.5 Å². The third-order valence-electron chi connectivity index (χ3n) is 2.54. The van der Waals surface area contributed by atoms with Crippen LogP contribution >= 0.6 is 0 Å². The van der Waals surface area contributed by atoms with Gasteiger partial charge in [0.05, 0.1) is 23.8 Å². The molecule has 2 N–H and O–H groups in total. The first-order valence-corrected chi connectivity index (χ1v) is 5.22. The average Bonchev–Trinajstić information content (AvgIpc) is 3.11. The largest absolute Gasteiger partial charge is 0.395 e. The summed E-state index contributed by atoms with van der Waals surface area (Å²) >= 11 is 0. The van der Waals surface area contributed by atoms with Crippen LogP contribution < -0.4 is 21.2 Å². The Balaban J connectivity index is 1.98. The zero-order chi connectivity index (χ0) is 12.4. The first-order valence-electron chi connectivity index (χ1n) is 5.22. The summed E-state index contributed by atoms with van der Waals surface area (Å²) < 4.78 is 0. The first-order chi connectivity index (χ1) is 8.88. The minimum Gasteiger partial charge on any atom is -0.395 e. The Kier molecular flexibility index (Phi) is 2.60. The molecule has 0 bridgehead atoms. The molecule has 0 radical (unpaired) electrons. The van der Waals surface area contributed by atoms with Gasteiger partial charge in [0.25, 0.3) is 0 Å². The molecule has 2 aliphatic heterocycles. The molecule has 0 aromatic heterocycles. The van der Waals surface area contributed by atoms with Gasteiger partial charge in [0.2, 0.25) is 0 Å². The van der Waals surface area contributed by atoms with Crippen molar-refractivity contribution in [3.05, 3.63) is 48.7 Å². The van der Waals surface area contributed by atoms with Crippen molar-refractivity contribution in [3.8, 4) is 0 Å². The average molecular weight is 246 g/mol. The van der Waals surface area contributed by atoms with Crippen molar-refractivity contribution >= 4 is 17.7 Å². The molecule has 0 fully saturated rings. The summed E-state index contributed by atoms with van der Waals surface area (Å²) in [5.41, 5.74) is 7.37. The van der Waals surface area contributed by atoms with Crippen molar-refractivity contribution in [2.75, 3.05) is 10.0 Å².